The molecule has 0 saturated heterocycles. The van der Waals surface area contributed by atoms with E-state index in [9.17, 15) is 8.42 Å². The van der Waals surface area contributed by atoms with Gasteiger partial charge in [-0.1, -0.05) is 48.6 Å². The summed E-state index contributed by atoms with van der Waals surface area (Å²) in [5.74, 6) is 0. The van der Waals surface area contributed by atoms with Crippen molar-refractivity contribution in [2.45, 2.75) is 17.8 Å². The summed E-state index contributed by atoms with van der Waals surface area (Å²) in [4.78, 5) is 0. The number of rotatable bonds is 5. The first-order valence-electron chi connectivity index (χ1n) is 5.67. The minimum absolute atomic E-state index is 0.0669. The normalized spacial score (nSPS) is 11.9. The Bertz CT molecular complexity index is 640. The zero-order valence-electron chi connectivity index (χ0n) is 10.4. The number of aromatic nitrogens is 2. The smallest absolute Gasteiger partial charge is 0.272 e. The third-order valence-corrected chi connectivity index (χ3v) is 5.56. The minimum atomic E-state index is -3.63. The molecular formula is C11H14N4O2S2. The summed E-state index contributed by atoms with van der Waals surface area (Å²) in [6, 6.07) is 9.40. The van der Waals surface area contributed by atoms with Crippen molar-refractivity contribution < 1.29 is 8.42 Å². The first kappa shape index (κ1) is 13.9. The van der Waals surface area contributed by atoms with Gasteiger partial charge in [-0.25, -0.2) is 8.42 Å². The van der Waals surface area contributed by atoms with Gasteiger partial charge in [-0.2, -0.15) is 4.31 Å². The van der Waals surface area contributed by atoms with Crippen LogP contribution in [0.15, 0.2) is 34.7 Å². The maximum Gasteiger partial charge on any atom is 0.272 e. The van der Waals surface area contributed by atoms with Crippen LogP contribution in [-0.4, -0.2) is 29.5 Å². The molecule has 0 aliphatic heterocycles. The fourth-order valence-corrected chi connectivity index (χ4v) is 3.95. The van der Waals surface area contributed by atoms with Gasteiger partial charge in [-0.05, 0) is 5.56 Å². The number of hydrogen-bond acceptors (Lipinski definition) is 6. The van der Waals surface area contributed by atoms with Crippen LogP contribution < -0.4 is 5.73 Å². The van der Waals surface area contributed by atoms with Crippen LogP contribution in [0.1, 0.15) is 12.5 Å². The third kappa shape index (κ3) is 3.09. The molecule has 0 saturated carbocycles. The van der Waals surface area contributed by atoms with Crippen LogP contribution in [0.4, 0.5) is 5.13 Å². The molecule has 19 heavy (non-hydrogen) atoms. The Balaban J connectivity index is 2.27. The van der Waals surface area contributed by atoms with Gasteiger partial charge in [0.25, 0.3) is 10.0 Å². The van der Waals surface area contributed by atoms with Gasteiger partial charge in [0.1, 0.15) is 0 Å². The molecule has 0 fully saturated rings. The molecule has 0 unspecified atom stereocenters. The maximum absolute atomic E-state index is 12.4. The molecule has 2 aromatic rings. The second-order valence-corrected chi connectivity index (χ2v) is 6.94. The Morgan fingerprint density at radius 2 is 1.95 bits per heavy atom. The zero-order chi connectivity index (χ0) is 13.9. The standard InChI is InChI=1S/C11H14N4O2S2/c1-2-15(8-9-6-4-3-5-7-9)19(16,17)11-14-13-10(12)18-11/h3-7H,2,8H2,1H3,(H2,12,13). The molecule has 2 rings (SSSR count). The summed E-state index contributed by atoms with van der Waals surface area (Å²) in [6.07, 6.45) is 0. The van der Waals surface area contributed by atoms with Gasteiger partial charge in [0.2, 0.25) is 9.47 Å². The fraction of sp³-hybridized carbons (Fsp3) is 0.273. The molecule has 1 aromatic carbocycles. The first-order chi connectivity index (χ1) is 9.04. The van der Waals surface area contributed by atoms with Crippen LogP contribution in [0.5, 0.6) is 0 Å². The molecule has 0 spiro atoms. The van der Waals surface area contributed by atoms with E-state index in [1.165, 1.54) is 4.31 Å². The Kier molecular flexibility index (Phi) is 4.13. The average Bonchev–Trinajstić information content (AvgIpc) is 2.84. The number of anilines is 1. The monoisotopic (exact) mass is 298 g/mol. The van der Waals surface area contributed by atoms with E-state index >= 15 is 0 Å². The average molecular weight is 298 g/mol. The van der Waals surface area contributed by atoms with Gasteiger partial charge in [0, 0.05) is 13.1 Å². The lowest BCUT2D eigenvalue weighted by Crippen LogP contribution is -2.30. The van der Waals surface area contributed by atoms with Crippen molar-refractivity contribution in [2.75, 3.05) is 12.3 Å². The largest absolute Gasteiger partial charge is 0.374 e. The molecular weight excluding hydrogens is 284 g/mol. The van der Waals surface area contributed by atoms with E-state index in [1.807, 2.05) is 30.3 Å². The molecule has 0 bridgehead atoms. The Morgan fingerprint density at radius 1 is 1.26 bits per heavy atom. The van der Waals surface area contributed by atoms with E-state index in [0.29, 0.717) is 13.1 Å². The van der Waals surface area contributed by atoms with E-state index in [1.54, 1.807) is 6.92 Å². The zero-order valence-corrected chi connectivity index (χ0v) is 12.0. The highest BCUT2D eigenvalue weighted by Gasteiger charge is 2.27. The van der Waals surface area contributed by atoms with Crippen molar-refractivity contribution in [3.8, 4) is 0 Å². The van der Waals surface area contributed by atoms with Crippen LogP contribution in [-0.2, 0) is 16.6 Å². The van der Waals surface area contributed by atoms with Crippen molar-refractivity contribution in [3.63, 3.8) is 0 Å². The molecule has 0 aliphatic rings. The molecule has 1 heterocycles. The van der Waals surface area contributed by atoms with Gasteiger partial charge in [-0.15, -0.1) is 10.2 Å². The molecule has 2 N–H and O–H groups in total. The molecule has 1 aromatic heterocycles. The highest BCUT2D eigenvalue weighted by molar-refractivity contribution is 7.91. The quantitative estimate of drug-likeness (QED) is 0.899. The van der Waals surface area contributed by atoms with E-state index in [-0.39, 0.29) is 9.47 Å². The van der Waals surface area contributed by atoms with E-state index in [2.05, 4.69) is 10.2 Å². The lowest BCUT2D eigenvalue weighted by atomic mass is 10.2. The number of hydrogen-bond donors (Lipinski definition) is 1. The van der Waals surface area contributed by atoms with Crippen molar-refractivity contribution in [3.05, 3.63) is 35.9 Å². The number of nitrogens with zero attached hydrogens (tertiary/aromatic N) is 3. The van der Waals surface area contributed by atoms with Crippen LogP contribution >= 0.6 is 11.3 Å². The predicted molar refractivity (Wildman–Crippen MR) is 74.0 cm³/mol. The summed E-state index contributed by atoms with van der Waals surface area (Å²) >= 11 is 0.875. The highest BCUT2D eigenvalue weighted by Crippen LogP contribution is 2.22. The Hall–Kier alpha value is -1.51. The lowest BCUT2D eigenvalue weighted by molar-refractivity contribution is 0.422. The highest BCUT2D eigenvalue weighted by atomic mass is 32.2. The van der Waals surface area contributed by atoms with Crippen LogP contribution in [0.25, 0.3) is 0 Å². The van der Waals surface area contributed by atoms with E-state index in [4.69, 9.17) is 5.73 Å². The Labute approximate surface area is 115 Å². The van der Waals surface area contributed by atoms with Crippen LogP contribution in [0, 0.1) is 0 Å². The van der Waals surface area contributed by atoms with Gasteiger partial charge in [-0.3, -0.25) is 0 Å². The summed E-state index contributed by atoms with van der Waals surface area (Å²) in [6.45, 7) is 2.45. The van der Waals surface area contributed by atoms with Crippen LogP contribution in [0.3, 0.4) is 0 Å². The van der Waals surface area contributed by atoms with Gasteiger partial charge >= 0.3 is 0 Å². The molecule has 0 amide bonds. The Morgan fingerprint density at radius 3 is 2.47 bits per heavy atom. The lowest BCUT2D eigenvalue weighted by Gasteiger charge is -2.18. The number of nitrogens with two attached hydrogens (primary N) is 1. The first-order valence-corrected chi connectivity index (χ1v) is 7.92. The second-order valence-electron chi connectivity index (χ2n) is 3.82. The van der Waals surface area contributed by atoms with Gasteiger partial charge in [0.05, 0.1) is 0 Å². The van der Waals surface area contributed by atoms with Crippen molar-refractivity contribution in [1.82, 2.24) is 14.5 Å². The number of sulfonamides is 1. The predicted octanol–water partition coefficient (Wildman–Crippen LogP) is 1.33. The SMILES string of the molecule is CCN(Cc1ccccc1)S(=O)(=O)c1nnc(N)s1. The van der Waals surface area contributed by atoms with E-state index < -0.39 is 10.0 Å². The maximum atomic E-state index is 12.4. The van der Waals surface area contributed by atoms with Gasteiger partial charge < -0.3 is 5.73 Å². The fourth-order valence-electron chi connectivity index (χ4n) is 1.59. The molecule has 0 aliphatic carbocycles. The number of benzene rings is 1. The molecule has 102 valence electrons. The summed E-state index contributed by atoms with van der Waals surface area (Å²) in [5, 5.41) is 7.31. The molecule has 8 heteroatoms. The molecule has 0 radical (unpaired) electrons. The topological polar surface area (TPSA) is 89.2 Å². The van der Waals surface area contributed by atoms with Crippen molar-refractivity contribution in [1.29, 1.82) is 0 Å². The van der Waals surface area contributed by atoms with E-state index in [0.717, 1.165) is 16.9 Å². The summed E-state index contributed by atoms with van der Waals surface area (Å²) < 4.78 is 26.0. The van der Waals surface area contributed by atoms with Crippen molar-refractivity contribution >= 4 is 26.5 Å². The summed E-state index contributed by atoms with van der Waals surface area (Å²) in [7, 11) is -3.63. The third-order valence-electron chi connectivity index (χ3n) is 2.54. The molecule has 6 nitrogen and oxygen atoms in total. The molecule has 0 atom stereocenters. The number of nitrogen functional groups attached to an aromatic ring is 1. The van der Waals surface area contributed by atoms with Gasteiger partial charge in [0.15, 0.2) is 0 Å². The van der Waals surface area contributed by atoms with Crippen LogP contribution in [0.2, 0.25) is 0 Å². The summed E-state index contributed by atoms with van der Waals surface area (Å²) in [5.41, 5.74) is 6.35. The van der Waals surface area contributed by atoms with Crippen molar-refractivity contribution in [2.24, 2.45) is 0 Å². The second kappa shape index (κ2) is 5.64. The minimum Gasteiger partial charge on any atom is -0.374 e.